The minimum Gasteiger partial charge on any atom is -0.378 e. The number of hydrogen-bond acceptors (Lipinski definition) is 3. The first-order valence-corrected chi connectivity index (χ1v) is 4.94. The molecule has 0 unspecified atom stereocenters. The lowest BCUT2D eigenvalue weighted by molar-refractivity contribution is -0.0199. The topological polar surface area (TPSA) is 47.4 Å². The lowest BCUT2D eigenvalue weighted by atomic mass is 10.1. The Balaban J connectivity index is 2.07. The van der Waals surface area contributed by atoms with Gasteiger partial charge in [-0.25, -0.2) is 4.98 Å². The average Bonchev–Trinajstić information content (AvgIpc) is 2.46. The maximum atomic E-state index is 11.9. The Morgan fingerprint density at radius 1 is 1.60 bits per heavy atom. The van der Waals surface area contributed by atoms with E-state index >= 15 is 0 Å². The molecule has 1 aromatic rings. The lowest BCUT2D eigenvalue weighted by Crippen LogP contribution is -2.54. The van der Waals surface area contributed by atoms with Gasteiger partial charge in [-0.05, 0) is 6.92 Å². The van der Waals surface area contributed by atoms with Crippen molar-refractivity contribution in [3.05, 3.63) is 17.7 Å². The van der Waals surface area contributed by atoms with Crippen LogP contribution in [0, 0.1) is 6.92 Å². The van der Waals surface area contributed by atoms with Gasteiger partial charge >= 0.3 is 0 Å². The van der Waals surface area contributed by atoms with E-state index in [0.717, 1.165) is 5.69 Å². The minimum absolute atomic E-state index is 0.0149. The summed E-state index contributed by atoms with van der Waals surface area (Å²) >= 11 is 0. The van der Waals surface area contributed by atoms with Gasteiger partial charge in [0.05, 0.1) is 6.10 Å². The van der Waals surface area contributed by atoms with Crippen molar-refractivity contribution in [1.29, 1.82) is 0 Å². The standard InChI is InChI=1S/C10H15N3O2/c1-7-4-11-9(12(7)2)10(14)13-5-8(6-13)15-3/h4,8H,5-6H2,1-3H3. The number of carbonyl (C=O) groups excluding carboxylic acids is 1. The van der Waals surface area contributed by atoms with E-state index in [-0.39, 0.29) is 12.0 Å². The van der Waals surface area contributed by atoms with Gasteiger partial charge in [0.1, 0.15) is 0 Å². The highest BCUT2D eigenvalue weighted by molar-refractivity contribution is 5.91. The van der Waals surface area contributed by atoms with Crippen molar-refractivity contribution < 1.29 is 9.53 Å². The van der Waals surface area contributed by atoms with Crippen molar-refractivity contribution in [2.75, 3.05) is 20.2 Å². The molecule has 0 aliphatic carbocycles. The summed E-state index contributed by atoms with van der Waals surface area (Å²) in [6.45, 7) is 3.26. The fourth-order valence-electron chi connectivity index (χ4n) is 1.59. The van der Waals surface area contributed by atoms with Gasteiger partial charge in [0.2, 0.25) is 0 Å². The summed E-state index contributed by atoms with van der Waals surface area (Å²) in [6.07, 6.45) is 1.90. The Bertz CT molecular complexity index is 380. The average molecular weight is 209 g/mol. The van der Waals surface area contributed by atoms with Crippen molar-refractivity contribution in [3.63, 3.8) is 0 Å². The van der Waals surface area contributed by atoms with Crippen LogP contribution in [0.3, 0.4) is 0 Å². The molecule has 1 aromatic heterocycles. The molecule has 0 aromatic carbocycles. The number of imidazole rings is 1. The van der Waals surface area contributed by atoms with Gasteiger partial charge in [-0.1, -0.05) is 0 Å². The maximum Gasteiger partial charge on any atom is 0.290 e. The number of carbonyl (C=O) groups is 1. The largest absolute Gasteiger partial charge is 0.378 e. The van der Waals surface area contributed by atoms with Crippen molar-refractivity contribution in [3.8, 4) is 0 Å². The first kappa shape index (κ1) is 10.2. The van der Waals surface area contributed by atoms with Crippen LogP contribution in [0.25, 0.3) is 0 Å². The number of aromatic nitrogens is 2. The molecule has 1 aliphatic heterocycles. The molecule has 5 nitrogen and oxygen atoms in total. The van der Waals surface area contributed by atoms with Gasteiger partial charge in [0.25, 0.3) is 5.91 Å². The van der Waals surface area contributed by atoms with Crippen LogP contribution in [0.4, 0.5) is 0 Å². The van der Waals surface area contributed by atoms with Crippen molar-refractivity contribution in [2.24, 2.45) is 7.05 Å². The fourth-order valence-corrected chi connectivity index (χ4v) is 1.59. The Hall–Kier alpha value is -1.36. The third-order valence-electron chi connectivity index (χ3n) is 2.88. The van der Waals surface area contributed by atoms with Crippen molar-refractivity contribution >= 4 is 5.91 Å². The summed E-state index contributed by atoms with van der Waals surface area (Å²) in [4.78, 5) is 17.8. The van der Waals surface area contributed by atoms with Gasteiger partial charge in [-0.15, -0.1) is 0 Å². The highest BCUT2D eigenvalue weighted by atomic mass is 16.5. The summed E-state index contributed by atoms with van der Waals surface area (Å²) in [5.74, 6) is 0.487. The van der Waals surface area contributed by atoms with Gasteiger partial charge < -0.3 is 14.2 Å². The number of amides is 1. The molecule has 2 rings (SSSR count). The molecule has 1 saturated heterocycles. The van der Waals surface area contributed by atoms with E-state index in [0.29, 0.717) is 18.9 Å². The molecule has 0 saturated carbocycles. The van der Waals surface area contributed by atoms with Gasteiger partial charge in [-0.2, -0.15) is 0 Å². The zero-order chi connectivity index (χ0) is 11.0. The van der Waals surface area contributed by atoms with E-state index in [2.05, 4.69) is 4.98 Å². The highest BCUT2D eigenvalue weighted by Gasteiger charge is 2.32. The minimum atomic E-state index is -0.0149. The summed E-state index contributed by atoms with van der Waals surface area (Å²) in [5, 5.41) is 0. The molecule has 0 radical (unpaired) electrons. The number of methoxy groups -OCH3 is 1. The number of hydrogen-bond donors (Lipinski definition) is 0. The van der Waals surface area contributed by atoms with Crippen LogP contribution < -0.4 is 0 Å². The Morgan fingerprint density at radius 2 is 2.27 bits per heavy atom. The van der Waals surface area contributed by atoms with E-state index in [9.17, 15) is 4.79 Å². The molecule has 0 N–H and O–H groups in total. The predicted octanol–water partition coefficient (Wildman–Crippen LogP) is 0.199. The van der Waals surface area contributed by atoms with E-state index in [1.54, 1.807) is 18.2 Å². The second-order valence-corrected chi connectivity index (χ2v) is 3.85. The number of rotatable bonds is 2. The molecule has 1 fully saturated rings. The Kier molecular flexibility index (Phi) is 2.48. The smallest absolute Gasteiger partial charge is 0.290 e. The first-order chi connectivity index (χ1) is 7.13. The van der Waals surface area contributed by atoms with E-state index in [1.807, 2.05) is 18.5 Å². The quantitative estimate of drug-likeness (QED) is 0.699. The molecule has 0 atom stereocenters. The molecule has 5 heteroatoms. The molecule has 2 heterocycles. The van der Waals surface area contributed by atoms with Crippen LogP contribution in [-0.4, -0.2) is 46.7 Å². The van der Waals surface area contributed by atoms with Crippen LogP contribution in [-0.2, 0) is 11.8 Å². The third-order valence-corrected chi connectivity index (χ3v) is 2.88. The first-order valence-electron chi connectivity index (χ1n) is 4.94. The second-order valence-electron chi connectivity index (χ2n) is 3.85. The number of aryl methyl sites for hydroxylation is 1. The Labute approximate surface area is 88.7 Å². The molecule has 15 heavy (non-hydrogen) atoms. The molecule has 0 bridgehead atoms. The molecular formula is C10H15N3O2. The molecule has 0 spiro atoms. The van der Waals surface area contributed by atoms with E-state index < -0.39 is 0 Å². The second kappa shape index (κ2) is 3.66. The van der Waals surface area contributed by atoms with E-state index in [4.69, 9.17) is 4.74 Å². The third kappa shape index (κ3) is 1.63. The molecule has 82 valence electrons. The molecular weight excluding hydrogens is 194 g/mol. The normalized spacial score (nSPS) is 16.6. The summed E-state index contributed by atoms with van der Waals surface area (Å²) in [5.41, 5.74) is 0.988. The fraction of sp³-hybridized carbons (Fsp3) is 0.600. The van der Waals surface area contributed by atoms with Crippen LogP contribution >= 0.6 is 0 Å². The zero-order valence-corrected chi connectivity index (χ0v) is 9.23. The van der Waals surface area contributed by atoms with Gasteiger partial charge in [0.15, 0.2) is 5.82 Å². The summed E-state index contributed by atoms with van der Waals surface area (Å²) in [7, 11) is 3.51. The summed E-state index contributed by atoms with van der Waals surface area (Å²) < 4.78 is 6.92. The predicted molar refractivity (Wildman–Crippen MR) is 54.6 cm³/mol. The maximum absolute atomic E-state index is 11.9. The number of ether oxygens (including phenoxy) is 1. The van der Waals surface area contributed by atoms with Crippen LogP contribution in [0.15, 0.2) is 6.20 Å². The zero-order valence-electron chi connectivity index (χ0n) is 9.23. The van der Waals surface area contributed by atoms with Gasteiger partial charge in [0, 0.05) is 39.1 Å². The SMILES string of the molecule is COC1CN(C(=O)c2ncc(C)n2C)C1. The Morgan fingerprint density at radius 3 is 2.73 bits per heavy atom. The monoisotopic (exact) mass is 209 g/mol. The number of nitrogens with zero attached hydrogens (tertiary/aromatic N) is 3. The van der Waals surface area contributed by atoms with Crippen molar-refractivity contribution in [2.45, 2.75) is 13.0 Å². The van der Waals surface area contributed by atoms with Gasteiger partial charge in [-0.3, -0.25) is 4.79 Å². The highest BCUT2D eigenvalue weighted by Crippen LogP contribution is 2.14. The van der Waals surface area contributed by atoms with Crippen LogP contribution in [0.5, 0.6) is 0 Å². The van der Waals surface area contributed by atoms with Crippen LogP contribution in [0.1, 0.15) is 16.3 Å². The molecule has 1 amide bonds. The lowest BCUT2D eigenvalue weighted by Gasteiger charge is -2.37. The van der Waals surface area contributed by atoms with Crippen molar-refractivity contribution in [1.82, 2.24) is 14.5 Å². The number of likely N-dealkylation sites (tertiary alicyclic amines) is 1. The molecule has 1 aliphatic rings. The summed E-state index contributed by atoms with van der Waals surface area (Å²) in [6, 6.07) is 0. The van der Waals surface area contributed by atoms with Crippen LogP contribution in [0.2, 0.25) is 0 Å². The van der Waals surface area contributed by atoms with E-state index in [1.165, 1.54) is 0 Å².